The number of esters is 2. The summed E-state index contributed by atoms with van der Waals surface area (Å²) >= 11 is 9.18. The summed E-state index contributed by atoms with van der Waals surface area (Å²) in [7, 11) is 2.71. The molecular formula is C50H48ClLiN6O10S3. The summed E-state index contributed by atoms with van der Waals surface area (Å²) in [5.41, 5.74) is 7.38. The topological polar surface area (TPSA) is 257 Å². The predicted molar refractivity (Wildman–Crippen MR) is 272 cm³/mol. The third-order valence-corrected chi connectivity index (χ3v) is 13.3. The van der Waals surface area contributed by atoms with Crippen LogP contribution in [0.3, 0.4) is 0 Å². The van der Waals surface area contributed by atoms with Crippen LogP contribution in [-0.4, -0.2) is 89.4 Å². The number of nitrogens with zero attached hydrogens (tertiary/aromatic N) is 3. The molecule has 364 valence electrons. The first-order valence-corrected chi connectivity index (χ1v) is 24.3. The van der Waals surface area contributed by atoms with Gasteiger partial charge in [0.15, 0.2) is 15.0 Å². The van der Waals surface area contributed by atoms with Crippen LogP contribution in [0.25, 0.3) is 32.7 Å². The number of carboxylic acids is 1. The number of hydrogen-bond donors (Lipinski definition) is 4. The number of hydrogen-bond acceptors (Lipinski definition) is 15. The van der Waals surface area contributed by atoms with Gasteiger partial charge in [-0.1, -0.05) is 41.5 Å². The van der Waals surface area contributed by atoms with Crippen molar-refractivity contribution in [3.63, 3.8) is 0 Å². The third kappa shape index (κ3) is 13.9. The number of carbonyl (C=O) groups is 6. The van der Waals surface area contributed by atoms with Crippen LogP contribution < -0.4 is 18.9 Å². The number of aromatic amines is 3. The van der Waals surface area contributed by atoms with E-state index in [1.165, 1.54) is 60.4 Å². The van der Waals surface area contributed by atoms with Gasteiger partial charge >= 0.3 is 36.8 Å². The fourth-order valence-corrected chi connectivity index (χ4v) is 9.32. The van der Waals surface area contributed by atoms with Crippen molar-refractivity contribution >= 4 is 113 Å². The minimum Gasteiger partial charge on any atom is -0.870 e. The molecule has 6 heterocycles. The molecule has 21 heteroatoms. The molecule has 0 saturated carbocycles. The molecule has 0 unspecified atom stereocenters. The number of carboxylic acid groups (broad SMARTS) is 1. The van der Waals surface area contributed by atoms with Crippen molar-refractivity contribution in [1.82, 2.24) is 29.9 Å². The van der Waals surface area contributed by atoms with Crippen molar-refractivity contribution < 1.29 is 67.7 Å². The Balaban J connectivity index is 0.000000212. The Morgan fingerprint density at radius 3 is 1.35 bits per heavy atom. The number of ether oxygens (including phenoxy) is 2. The standard InChI is InChI=1S/C17H16N2O3S.C16H14N2O3S.C10H9NO2.C7H8ClNOS.Li.H2O/c1-9(2)14-8-23-16(19-14)15(20)12-7-18-13-5-4-10(6-11(12)13)17(21)22-3;1-8(2)13-7-22-15(18-13)14(19)11-6-17-12-4-3-9(16(20)21)5-10(11)12;1-13-10(12)8-2-3-9-7(6-8)4-5-11-9;1-4(2)5-3-11-7(9-5)6(8)10;;/h4-9,18H,1-3H3;3-8,17H,1-2H3,(H,20,21);2-6,11H,1H3;3-4H,1-2H3;;1H2/q;;;;+1;/p-1. The second-order valence-electron chi connectivity index (χ2n) is 16.1. The molecule has 0 fully saturated rings. The fourth-order valence-electron chi connectivity index (χ4n) is 6.48. The van der Waals surface area contributed by atoms with E-state index in [-0.39, 0.29) is 59.3 Å². The Labute approximate surface area is 436 Å². The van der Waals surface area contributed by atoms with Crippen molar-refractivity contribution in [3.8, 4) is 0 Å². The van der Waals surface area contributed by atoms with Crippen LogP contribution in [0.1, 0.15) is 148 Å². The summed E-state index contributed by atoms with van der Waals surface area (Å²) in [5, 5.41) is 17.8. The number of nitrogens with one attached hydrogen (secondary N) is 3. The summed E-state index contributed by atoms with van der Waals surface area (Å²) in [4.78, 5) is 91.8. The number of carbonyl (C=O) groups excluding carboxylic acids is 5. The molecule has 0 amide bonds. The van der Waals surface area contributed by atoms with Gasteiger partial charge in [-0.05, 0) is 90.0 Å². The molecule has 0 bridgehead atoms. The Bertz CT molecular complexity index is 3330. The van der Waals surface area contributed by atoms with Gasteiger partial charge in [-0.25, -0.2) is 29.3 Å². The summed E-state index contributed by atoms with van der Waals surface area (Å²) in [6.07, 6.45) is 5.10. The SMILES string of the molecule is CC(C)c1csc(C(=O)Cl)n1.CC(C)c1csc(C(=O)c2c[nH]c3ccc(C(=O)O)cc23)n1.COC(=O)c1ccc2[nH]cc(C(=O)c3nc(C(C)C)cs3)c2c1.COC(=O)c1ccc2[nH]ccc2c1.[Li+].[OH-]. The van der Waals surface area contributed by atoms with E-state index in [1.807, 2.05) is 76.0 Å². The van der Waals surface area contributed by atoms with E-state index >= 15 is 0 Å². The molecule has 0 aliphatic rings. The van der Waals surface area contributed by atoms with E-state index in [4.69, 9.17) is 21.4 Å². The zero-order chi connectivity index (χ0) is 50.1. The predicted octanol–water partition coefficient (Wildman–Crippen LogP) is 8.87. The first-order chi connectivity index (χ1) is 32.9. The fraction of sp³-hybridized carbons (Fsp3) is 0.220. The maximum atomic E-state index is 12.7. The smallest absolute Gasteiger partial charge is 0.870 e. The van der Waals surface area contributed by atoms with E-state index in [0.717, 1.165) is 39.0 Å². The quantitative estimate of drug-likeness (QED) is 0.0409. The van der Waals surface area contributed by atoms with Crippen LogP contribution in [0.15, 0.2) is 95.4 Å². The van der Waals surface area contributed by atoms with Gasteiger partial charge in [-0.3, -0.25) is 14.4 Å². The number of ketones is 2. The van der Waals surface area contributed by atoms with E-state index in [1.54, 1.807) is 48.8 Å². The number of rotatable bonds is 11. The van der Waals surface area contributed by atoms with E-state index < -0.39 is 17.2 Å². The van der Waals surface area contributed by atoms with Gasteiger partial charge in [0, 0.05) is 67.4 Å². The van der Waals surface area contributed by atoms with Crippen molar-refractivity contribution in [2.24, 2.45) is 0 Å². The Morgan fingerprint density at radius 2 is 0.958 bits per heavy atom. The average molecular weight is 1030 g/mol. The number of methoxy groups -OCH3 is 2. The molecule has 0 saturated heterocycles. The molecule has 16 nitrogen and oxygen atoms in total. The third-order valence-electron chi connectivity index (χ3n) is 10.4. The maximum absolute atomic E-state index is 12.7. The van der Waals surface area contributed by atoms with Crippen LogP contribution in [0, 0.1) is 0 Å². The molecule has 3 aromatic carbocycles. The monoisotopic (exact) mass is 1030 g/mol. The van der Waals surface area contributed by atoms with Crippen LogP contribution in [0.5, 0.6) is 0 Å². The largest absolute Gasteiger partial charge is 1.00 e. The molecule has 71 heavy (non-hydrogen) atoms. The van der Waals surface area contributed by atoms with Crippen molar-refractivity contribution in [2.75, 3.05) is 14.2 Å². The number of aromatic carboxylic acids is 1. The molecule has 0 atom stereocenters. The second-order valence-corrected chi connectivity index (χ2v) is 19.0. The van der Waals surface area contributed by atoms with Gasteiger partial charge < -0.3 is 35.0 Å². The van der Waals surface area contributed by atoms with Crippen LogP contribution in [0.2, 0.25) is 0 Å². The Kier molecular flexibility index (Phi) is 20.5. The normalized spacial score (nSPS) is 10.6. The molecule has 0 radical (unpaired) electrons. The minimum atomic E-state index is -1.02. The first-order valence-electron chi connectivity index (χ1n) is 21.2. The molecular weight excluding hydrogens is 983 g/mol. The van der Waals surface area contributed by atoms with Gasteiger partial charge in [0.2, 0.25) is 11.6 Å². The zero-order valence-corrected chi connectivity index (χ0v) is 43.3. The van der Waals surface area contributed by atoms with Gasteiger partial charge in [-0.2, -0.15) is 0 Å². The number of fused-ring (bicyclic) bond motifs is 3. The molecule has 0 aliphatic carbocycles. The summed E-state index contributed by atoms with van der Waals surface area (Å²) in [6, 6.07) is 17.1. The number of aromatic nitrogens is 6. The number of H-pyrrole nitrogens is 3. The van der Waals surface area contributed by atoms with Crippen molar-refractivity contribution in [3.05, 3.63) is 155 Å². The molecule has 0 spiro atoms. The van der Waals surface area contributed by atoms with E-state index in [2.05, 4.69) is 34.6 Å². The van der Waals surface area contributed by atoms with Gasteiger partial charge in [0.05, 0.1) is 59.1 Å². The second kappa shape index (κ2) is 25.5. The van der Waals surface area contributed by atoms with E-state index in [0.29, 0.717) is 54.0 Å². The van der Waals surface area contributed by atoms with Crippen molar-refractivity contribution in [2.45, 2.75) is 59.3 Å². The summed E-state index contributed by atoms with van der Waals surface area (Å²) in [6.45, 7) is 12.2. The molecule has 5 N–H and O–H groups in total. The van der Waals surface area contributed by atoms with Crippen molar-refractivity contribution in [1.29, 1.82) is 0 Å². The van der Waals surface area contributed by atoms with Crippen LogP contribution in [0.4, 0.5) is 0 Å². The zero-order valence-electron chi connectivity index (χ0n) is 40.1. The molecule has 0 aliphatic heterocycles. The molecule has 9 aromatic rings. The maximum Gasteiger partial charge on any atom is 1.00 e. The first kappa shape index (κ1) is 57.0. The van der Waals surface area contributed by atoms with Gasteiger partial charge in [-0.15, -0.1) is 34.0 Å². The van der Waals surface area contributed by atoms with Crippen LogP contribution in [-0.2, 0) is 9.47 Å². The Morgan fingerprint density at radius 1 is 0.563 bits per heavy atom. The Hall–Kier alpha value is -6.56. The van der Waals surface area contributed by atoms with E-state index in [9.17, 15) is 28.8 Å². The summed E-state index contributed by atoms with van der Waals surface area (Å²) < 4.78 is 9.34. The van der Waals surface area contributed by atoms with Crippen LogP contribution >= 0.6 is 45.6 Å². The number of thiazole rings is 3. The van der Waals surface area contributed by atoms with Gasteiger partial charge in [0.1, 0.15) is 0 Å². The van der Waals surface area contributed by atoms with Gasteiger partial charge in [0.25, 0.3) is 5.24 Å². The molecule has 9 rings (SSSR count). The number of benzene rings is 3. The summed E-state index contributed by atoms with van der Waals surface area (Å²) in [5.74, 6) is -1.18. The molecule has 6 aromatic heterocycles. The minimum absolute atomic E-state index is 0. The average Bonchev–Trinajstić information content (AvgIpc) is 4.21. The number of halogens is 1.